The van der Waals surface area contributed by atoms with E-state index < -0.39 is 17.8 Å². The van der Waals surface area contributed by atoms with E-state index in [4.69, 9.17) is 9.47 Å². The molecule has 0 aliphatic carbocycles. The van der Waals surface area contributed by atoms with Crippen molar-refractivity contribution in [3.05, 3.63) is 75.3 Å². The summed E-state index contributed by atoms with van der Waals surface area (Å²) < 4.78 is 12.2. The van der Waals surface area contributed by atoms with Crippen LogP contribution in [0.5, 0.6) is 11.5 Å². The van der Waals surface area contributed by atoms with Gasteiger partial charge >= 0.3 is 6.03 Å². The second-order valence-corrected chi connectivity index (χ2v) is 8.05. The number of nitrogens with one attached hydrogen (secondary N) is 2. The second-order valence-electron chi connectivity index (χ2n) is 7.20. The van der Waals surface area contributed by atoms with Gasteiger partial charge in [0.1, 0.15) is 12.2 Å². The highest BCUT2D eigenvalue weighted by Gasteiger charge is 2.28. The number of barbiturate groups is 1. The predicted molar refractivity (Wildman–Crippen MR) is 123 cm³/mol. The lowest BCUT2D eigenvalue weighted by atomic mass is 10.0. The number of urea groups is 1. The summed E-state index contributed by atoms with van der Waals surface area (Å²) in [5, 5.41) is 6.34. The first-order valence-electron chi connectivity index (χ1n) is 9.73. The summed E-state index contributed by atoms with van der Waals surface area (Å²) in [5.41, 5.74) is 2.53. The number of halogens is 1. The number of ether oxygens (including phenoxy) is 2. The third kappa shape index (κ3) is 4.22. The van der Waals surface area contributed by atoms with Gasteiger partial charge in [0, 0.05) is 5.56 Å². The van der Waals surface area contributed by atoms with Gasteiger partial charge in [0.05, 0.1) is 11.6 Å². The summed E-state index contributed by atoms with van der Waals surface area (Å²) in [6.45, 7) is 2.37. The fraction of sp³-hybridized carbons (Fsp3) is 0.125. The van der Waals surface area contributed by atoms with E-state index in [1.807, 2.05) is 29.7 Å². The summed E-state index contributed by atoms with van der Waals surface area (Å²) >= 11 is 3.50. The zero-order chi connectivity index (χ0) is 22.8. The summed E-state index contributed by atoms with van der Waals surface area (Å²) in [6, 6.07) is 14.8. The van der Waals surface area contributed by atoms with Crippen molar-refractivity contribution < 1.29 is 23.9 Å². The van der Waals surface area contributed by atoms with Gasteiger partial charge in [-0.05, 0) is 63.0 Å². The van der Waals surface area contributed by atoms with Crippen LogP contribution in [-0.2, 0) is 16.2 Å². The van der Waals surface area contributed by atoms with Gasteiger partial charge in [-0.15, -0.1) is 0 Å². The normalized spacial score (nSPS) is 13.6. The minimum absolute atomic E-state index is 0.182. The quantitative estimate of drug-likeness (QED) is 0.408. The minimum atomic E-state index is -0.844. The minimum Gasteiger partial charge on any atom is -0.493 e. The molecule has 0 unspecified atom stereocenters. The van der Waals surface area contributed by atoms with Crippen molar-refractivity contribution in [3.63, 3.8) is 0 Å². The van der Waals surface area contributed by atoms with Crippen LogP contribution in [0.4, 0.5) is 4.79 Å². The number of carbonyl (C=O) groups excluding carboxylic acids is 3. The maximum Gasteiger partial charge on any atom is 0.328 e. The Hall–Kier alpha value is -3.65. The molecule has 162 valence electrons. The highest BCUT2D eigenvalue weighted by atomic mass is 79.9. The molecular weight excluding hydrogens is 476 g/mol. The third-order valence-electron chi connectivity index (χ3n) is 5.14. The second kappa shape index (κ2) is 8.84. The first-order chi connectivity index (χ1) is 15.4. The molecule has 0 atom stereocenters. The Morgan fingerprint density at radius 1 is 1.00 bits per heavy atom. The van der Waals surface area contributed by atoms with E-state index in [2.05, 4.69) is 40.2 Å². The van der Waals surface area contributed by atoms with Gasteiger partial charge in [0.15, 0.2) is 11.5 Å². The van der Waals surface area contributed by atoms with Crippen LogP contribution in [0, 0.1) is 6.92 Å². The first kappa shape index (κ1) is 21.6. The van der Waals surface area contributed by atoms with E-state index in [9.17, 15) is 14.4 Å². The van der Waals surface area contributed by atoms with Crippen LogP contribution in [0.3, 0.4) is 0 Å². The standard InChI is InChI=1S/C24H19BrN2O5/c1-13-7-8-15-5-3-4-6-16(15)18(13)12-32-21-19(25)10-14(11-20(21)31-2)9-17-22(28)26-24(30)27-23(17)29/h3-11H,12H2,1-2H3,(H2,26,27,28,29,30). The van der Waals surface area contributed by atoms with Crippen molar-refractivity contribution in [2.45, 2.75) is 13.5 Å². The molecule has 0 radical (unpaired) electrons. The number of methoxy groups -OCH3 is 1. The average molecular weight is 495 g/mol. The van der Waals surface area contributed by atoms with E-state index in [0.717, 1.165) is 21.9 Å². The zero-order valence-corrected chi connectivity index (χ0v) is 18.9. The van der Waals surface area contributed by atoms with E-state index >= 15 is 0 Å². The summed E-state index contributed by atoms with van der Waals surface area (Å²) in [4.78, 5) is 35.2. The molecule has 0 aromatic heterocycles. The van der Waals surface area contributed by atoms with Crippen molar-refractivity contribution >= 4 is 50.6 Å². The van der Waals surface area contributed by atoms with Crippen LogP contribution in [0.25, 0.3) is 16.8 Å². The van der Waals surface area contributed by atoms with Gasteiger partial charge in [-0.3, -0.25) is 20.2 Å². The molecule has 8 heteroatoms. The summed E-state index contributed by atoms with van der Waals surface area (Å²) in [7, 11) is 1.51. The predicted octanol–water partition coefficient (Wildman–Crippen LogP) is 4.25. The number of carbonyl (C=O) groups is 3. The Labute approximate surface area is 192 Å². The molecular formula is C24H19BrN2O5. The molecule has 1 saturated heterocycles. The maximum atomic E-state index is 12.0. The Balaban J connectivity index is 1.65. The van der Waals surface area contributed by atoms with E-state index in [1.54, 1.807) is 12.1 Å². The average Bonchev–Trinajstić information content (AvgIpc) is 2.76. The number of imide groups is 2. The summed E-state index contributed by atoms with van der Waals surface area (Å²) in [6.07, 6.45) is 1.38. The van der Waals surface area contributed by atoms with Gasteiger partial charge in [-0.1, -0.05) is 36.4 Å². The first-order valence-corrected chi connectivity index (χ1v) is 10.5. The van der Waals surface area contributed by atoms with E-state index in [0.29, 0.717) is 28.1 Å². The smallest absolute Gasteiger partial charge is 0.328 e. The number of aryl methyl sites for hydroxylation is 1. The van der Waals surface area contributed by atoms with Crippen LogP contribution < -0.4 is 20.1 Å². The maximum absolute atomic E-state index is 12.0. The molecule has 1 aliphatic rings. The molecule has 1 heterocycles. The lowest BCUT2D eigenvalue weighted by Crippen LogP contribution is -2.51. The zero-order valence-electron chi connectivity index (χ0n) is 17.3. The van der Waals surface area contributed by atoms with Crippen LogP contribution >= 0.6 is 15.9 Å². The largest absolute Gasteiger partial charge is 0.493 e. The number of rotatable bonds is 5. The highest BCUT2D eigenvalue weighted by Crippen LogP contribution is 2.38. The van der Waals surface area contributed by atoms with Crippen molar-refractivity contribution in [1.82, 2.24) is 10.6 Å². The van der Waals surface area contributed by atoms with Crippen molar-refractivity contribution in [3.8, 4) is 11.5 Å². The Morgan fingerprint density at radius 2 is 1.72 bits per heavy atom. The number of amides is 4. The van der Waals surface area contributed by atoms with Crippen LogP contribution in [0.15, 0.2) is 58.6 Å². The molecule has 3 aromatic carbocycles. The van der Waals surface area contributed by atoms with Crippen molar-refractivity contribution in [2.24, 2.45) is 0 Å². The molecule has 0 bridgehead atoms. The molecule has 4 amide bonds. The Morgan fingerprint density at radius 3 is 2.44 bits per heavy atom. The Kier molecular flexibility index (Phi) is 5.96. The molecule has 1 aliphatic heterocycles. The number of fused-ring (bicyclic) bond motifs is 1. The molecule has 4 rings (SSSR count). The van der Waals surface area contributed by atoms with Crippen molar-refractivity contribution in [2.75, 3.05) is 7.11 Å². The van der Waals surface area contributed by atoms with E-state index in [-0.39, 0.29) is 5.57 Å². The van der Waals surface area contributed by atoms with Gasteiger partial charge < -0.3 is 9.47 Å². The molecule has 1 fully saturated rings. The topological polar surface area (TPSA) is 93.7 Å². The van der Waals surface area contributed by atoms with Crippen molar-refractivity contribution in [1.29, 1.82) is 0 Å². The lowest BCUT2D eigenvalue weighted by Gasteiger charge is -2.17. The number of hydrogen-bond acceptors (Lipinski definition) is 5. The van der Waals surface area contributed by atoms with Gasteiger partial charge in [0.25, 0.3) is 11.8 Å². The van der Waals surface area contributed by atoms with Crippen LogP contribution in [0.2, 0.25) is 0 Å². The fourth-order valence-electron chi connectivity index (χ4n) is 3.52. The van der Waals surface area contributed by atoms with E-state index in [1.165, 1.54) is 13.2 Å². The molecule has 0 spiro atoms. The Bertz CT molecular complexity index is 1280. The lowest BCUT2D eigenvalue weighted by molar-refractivity contribution is -0.123. The summed E-state index contributed by atoms with van der Waals surface area (Å²) in [5.74, 6) is -0.604. The molecule has 2 N–H and O–H groups in total. The molecule has 7 nitrogen and oxygen atoms in total. The SMILES string of the molecule is COc1cc(C=C2C(=O)NC(=O)NC2=O)cc(Br)c1OCc1c(C)ccc2ccccc12. The van der Waals surface area contributed by atoms with Gasteiger partial charge in [-0.2, -0.15) is 0 Å². The third-order valence-corrected chi connectivity index (χ3v) is 5.73. The van der Waals surface area contributed by atoms with Crippen LogP contribution in [0.1, 0.15) is 16.7 Å². The van der Waals surface area contributed by atoms with Gasteiger partial charge in [0.2, 0.25) is 0 Å². The monoisotopic (exact) mass is 494 g/mol. The molecule has 0 saturated carbocycles. The van der Waals surface area contributed by atoms with Crippen LogP contribution in [-0.4, -0.2) is 25.0 Å². The fourth-order valence-corrected chi connectivity index (χ4v) is 4.09. The van der Waals surface area contributed by atoms with Gasteiger partial charge in [-0.25, -0.2) is 4.79 Å². The number of benzene rings is 3. The highest BCUT2D eigenvalue weighted by molar-refractivity contribution is 9.10. The molecule has 3 aromatic rings. The number of hydrogen-bond donors (Lipinski definition) is 2. The molecule has 32 heavy (non-hydrogen) atoms.